The van der Waals surface area contributed by atoms with Crippen LogP contribution in [0.3, 0.4) is 0 Å². The van der Waals surface area contributed by atoms with Gasteiger partial charge in [-0.1, -0.05) is 0 Å². The molecular weight excluding hydrogens is 554 g/mol. The molecule has 0 radical (unpaired) electrons. The summed E-state index contributed by atoms with van der Waals surface area (Å²) in [7, 11) is 0. The molecule has 3 heterocycles. The largest absolute Gasteiger partial charge is 0.493 e. The van der Waals surface area contributed by atoms with Crippen LogP contribution in [0.4, 0.5) is 5.95 Å². The smallest absolute Gasteiger partial charge is 0.326 e. The Bertz CT molecular complexity index is 1400. The van der Waals surface area contributed by atoms with Gasteiger partial charge in [0.2, 0.25) is 17.7 Å². The van der Waals surface area contributed by atoms with Gasteiger partial charge in [0.05, 0.1) is 10.3 Å². The molecule has 16 heteroatoms. The summed E-state index contributed by atoms with van der Waals surface area (Å²) < 4.78 is 0. The molecule has 0 aliphatic heterocycles. The number of rotatable bonds is 14. The third-order valence-corrected chi connectivity index (χ3v) is 7.64. The van der Waals surface area contributed by atoms with Crippen LogP contribution in [-0.2, 0) is 32.0 Å². The monoisotopic (exact) mass is 579 g/mol. The maximum Gasteiger partial charge on any atom is 0.326 e. The third kappa shape index (κ3) is 8.08. The van der Waals surface area contributed by atoms with Crippen LogP contribution < -0.4 is 16.4 Å². The number of anilines is 1. The second kappa shape index (κ2) is 13.0. The number of nitrogens with zero attached hydrogens (tertiary/aromatic N) is 2. The second-order valence-electron chi connectivity index (χ2n) is 8.41. The molecule has 2 atom stereocenters. The molecule has 39 heavy (non-hydrogen) atoms. The first-order valence-electron chi connectivity index (χ1n) is 11.5. The van der Waals surface area contributed by atoms with Crippen molar-refractivity contribution in [2.24, 2.45) is 0 Å². The van der Waals surface area contributed by atoms with E-state index in [1.807, 2.05) is 5.38 Å². The number of carbonyl (C=O) groups excluding carboxylic acids is 2. The van der Waals surface area contributed by atoms with Crippen molar-refractivity contribution >= 4 is 68.6 Å². The molecule has 208 valence electrons. The van der Waals surface area contributed by atoms with Crippen molar-refractivity contribution < 1.29 is 44.4 Å². The molecule has 14 nitrogen and oxygen atoms in total. The first-order chi connectivity index (χ1) is 18.4. The summed E-state index contributed by atoms with van der Waals surface area (Å²) in [4.78, 5) is 67.8. The topological polar surface area (TPSA) is 242 Å². The van der Waals surface area contributed by atoms with Gasteiger partial charge in [0, 0.05) is 17.7 Å². The maximum absolute atomic E-state index is 12.7. The summed E-state index contributed by atoms with van der Waals surface area (Å²) in [6.07, 6.45) is -0.452. The average Bonchev–Trinajstić information content (AvgIpc) is 3.49. The molecule has 0 bridgehead atoms. The number of carbonyl (C=O) groups is 5. The van der Waals surface area contributed by atoms with Crippen LogP contribution in [-0.4, -0.2) is 72.2 Å². The molecule has 0 saturated heterocycles. The predicted octanol–water partition coefficient (Wildman–Crippen LogP) is 1.22. The Balaban J connectivity index is 1.54. The van der Waals surface area contributed by atoms with E-state index >= 15 is 0 Å². The van der Waals surface area contributed by atoms with Crippen molar-refractivity contribution in [1.82, 2.24) is 20.6 Å². The van der Waals surface area contributed by atoms with E-state index < -0.39 is 54.6 Å². The zero-order valence-electron chi connectivity index (χ0n) is 20.2. The van der Waals surface area contributed by atoms with E-state index in [9.17, 15) is 34.2 Å². The van der Waals surface area contributed by atoms with Crippen molar-refractivity contribution in [2.45, 2.75) is 50.6 Å². The Hall–Kier alpha value is -4.31. The Morgan fingerprint density at radius 3 is 2.26 bits per heavy atom. The van der Waals surface area contributed by atoms with E-state index in [1.54, 1.807) is 12.1 Å². The van der Waals surface area contributed by atoms with Gasteiger partial charge in [-0.15, -0.1) is 22.7 Å². The van der Waals surface area contributed by atoms with Crippen molar-refractivity contribution in [2.75, 3.05) is 5.73 Å². The van der Waals surface area contributed by atoms with Crippen molar-refractivity contribution in [3.05, 3.63) is 32.8 Å². The number of carboxylic acids is 3. The lowest BCUT2D eigenvalue weighted by Crippen LogP contribution is -2.44. The van der Waals surface area contributed by atoms with Crippen molar-refractivity contribution in [3.63, 3.8) is 0 Å². The second-order valence-corrected chi connectivity index (χ2v) is 10.4. The quantitative estimate of drug-likeness (QED) is 0.143. The fraction of sp³-hybridized carbons (Fsp3) is 0.348. The molecule has 0 aliphatic rings. The first kappa shape index (κ1) is 29.2. The lowest BCUT2D eigenvalue weighted by Gasteiger charge is -2.16. The van der Waals surface area contributed by atoms with Crippen LogP contribution in [0.25, 0.3) is 10.2 Å². The molecule has 3 rings (SSSR count). The van der Waals surface area contributed by atoms with E-state index in [0.717, 1.165) is 21.8 Å². The number of hydrogen-bond acceptors (Lipinski definition) is 11. The zero-order chi connectivity index (χ0) is 28.7. The van der Waals surface area contributed by atoms with Gasteiger partial charge < -0.3 is 36.8 Å². The van der Waals surface area contributed by atoms with Gasteiger partial charge in [-0.2, -0.15) is 4.98 Å². The summed E-state index contributed by atoms with van der Waals surface area (Å²) in [5, 5.41) is 44.3. The standard InChI is InChI=1S/C23H25N5O9S2/c24-23-27-19(33)17-10(9-38-20(17)28-23)1-2-11-3-6-14(39-11)18(32)26-13(22(36)37)4-7-15(29)25-12(21(34)35)5-8-16(30)31/h3,6,9,12-13H,1-2,4-5,7-8H2,(H,25,29)(H,26,32)(H,30,31)(H,34,35)(H,36,37)(H3,24,27,28,33)/t12-,13-/m0/s1. The number of carboxylic acid groups (broad SMARTS) is 3. The van der Waals surface area contributed by atoms with Crippen LogP contribution >= 0.6 is 22.7 Å². The molecule has 0 spiro atoms. The summed E-state index contributed by atoms with van der Waals surface area (Å²) in [5.41, 5.74) is 6.38. The van der Waals surface area contributed by atoms with Crippen LogP contribution in [0, 0.1) is 0 Å². The molecule has 0 unspecified atom stereocenters. The molecule has 0 fully saturated rings. The van der Waals surface area contributed by atoms with Crippen LogP contribution in [0.2, 0.25) is 0 Å². The minimum Gasteiger partial charge on any atom is -0.493 e. The highest BCUT2D eigenvalue weighted by molar-refractivity contribution is 7.17. The summed E-state index contributed by atoms with van der Waals surface area (Å²) in [5.74, 6) is -5.67. The number of aryl methyl sites for hydroxylation is 2. The molecule has 0 aliphatic carbocycles. The maximum atomic E-state index is 12.7. The number of nitrogens with two attached hydrogens (primary N) is 1. The molecule has 0 saturated carbocycles. The molecule has 3 aromatic rings. The van der Waals surface area contributed by atoms with Crippen molar-refractivity contribution in [3.8, 4) is 5.88 Å². The molecular formula is C23H25N5O9S2. The van der Waals surface area contributed by atoms with E-state index in [-0.39, 0.29) is 29.5 Å². The number of thiophene rings is 2. The summed E-state index contributed by atoms with van der Waals surface area (Å²) in [6, 6.07) is 0.435. The van der Waals surface area contributed by atoms with Crippen LogP contribution in [0.15, 0.2) is 17.5 Å². The number of aromatic hydroxyl groups is 1. The minimum absolute atomic E-state index is 0.0252. The van der Waals surface area contributed by atoms with E-state index in [4.69, 9.17) is 15.9 Å². The highest BCUT2D eigenvalue weighted by atomic mass is 32.1. The number of aliphatic carboxylic acids is 3. The van der Waals surface area contributed by atoms with E-state index in [1.165, 1.54) is 11.3 Å². The number of nitrogen functional groups attached to an aromatic ring is 1. The Morgan fingerprint density at radius 1 is 0.923 bits per heavy atom. The summed E-state index contributed by atoms with van der Waals surface area (Å²) in [6.45, 7) is 0. The van der Waals surface area contributed by atoms with Gasteiger partial charge in [-0.25, -0.2) is 14.6 Å². The Labute approximate surface area is 228 Å². The van der Waals surface area contributed by atoms with Crippen molar-refractivity contribution in [1.29, 1.82) is 0 Å². The highest BCUT2D eigenvalue weighted by Crippen LogP contribution is 2.32. The van der Waals surface area contributed by atoms with Crippen LogP contribution in [0.1, 0.15) is 45.8 Å². The number of fused-ring (bicyclic) bond motifs is 1. The fourth-order valence-electron chi connectivity index (χ4n) is 3.63. The summed E-state index contributed by atoms with van der Waals surface area (Å²) >= 11 is 2.49. The minimum atomic E-state index is -1.43. The molecule has 8 N–H and O–H groups in total. The number of amides is 2. The van der Waals surface area contributed by atoms with E-state index in [2.05, 4.69) is 20.6 Å². The van der Waals surface area contributed by atoms with Gasteiger partial charge in [0.25, 0.3) is 5.91 Å². The van der Waals surface area contributed by atoms with E-state index in [0.29, 0.717) is 23.1 Å². The lowest BCUT2D eigenvalue weighted by atomic mass is 10.1. The Morgan fingerprint density at radius 2 is 1.59 bits per heavy atom. The molecule has 3 aromatic heterocycles. The highest BCUT2D eigenvalue weighted by Gasteiger charge is 2.25. The fourth-order valence-corrected chi connectivity index (χ4v) is 5.51. The normalized spacial score (nSPS) is 12.5. The van der Waals surface area contributed by atoms with Crippen LogP contribution in [0.5, 0.6) is 5.88 Å². The van der Waals surface area contributed by atoms with Gasteiger partial charge in [-0.05, 0) is 48.8 Å². The first-order valence-corrected chi connectivity index (χ1v) is 13.2. The average molecular weight is 580 g/mol. The van der Waals surface area contributed by atoms with Gasteiger partial charge in [0.1, 0.15) is 16.9 Å². The number of hydrogen-bond donors (Lipinski definition) is 7. The zero-order valence-corrected chi connectivity index (χ0v) is 21.9. The third-order valence-electron chi connectivity index (χ3n) is 5.58. The van der Waals surface area contributed by atoms with Gasteiger partial charge >= 0.3 is 17.9 Å². The molecule has 2 amide bonds. The predicted molar refractivity (Wildman–Crippen MR) is 140 cm³/mol. The van der Waals surface area contributed by atoms with Gasteiger partial charge in [0.15, 0.2) is 0 Å². The number of nitrogens with one attached hydrogen (secondary N) is 2. The number of aromatic nitrogens is 2. The molecule has 0 aromatic carbocycles. The lowest BCUT2D eigenvalue weighted by molar-refractivity contribution is -0.143. The Kier molecular flexibility index (Phi) is 9.73. The SMILES string of the molecule is Nc1nc(O)c2c(CCc3ccc(C(=O)N[C@@H](CCC(=O)N[C@@H](CCC(=O)O)C(=O)O)C(=O)O)s3)csc2n1. The van der Waals surface area contributed by atoms with Gasteiger partial charge in [-0.3, -0.25) is 14.4 Å².